The van der Waals surface area contributed by atoms with Crippen molar-refractivity contribution in [1.29, 1.82) is 0 Å². The molecule has 3 rings (SSSR count). The topological polar surface area (TPSA) is 85.4 Å². The Balaban J connectivity index is 2.02. The lowest BCUT2D eigenvalue weighted by Gasteiger charge is -2.27. The van der Waals surface area contributed by atoms with Crippen LogP contribution in [0.2, 0.25) is 0 Å². The van der Waals surface area contributed by atoms with Crippen molar-refractivity contribution < 1.29 is 15.2 Å². The van der Waals surface area contributed by atoms with E-state index in [0.29, 0.717) is 6.42 Å². The maximum Gasteiger partial charge on any atom is 0.157 e. The van der Waals surface area contributed by atoms with Crippen LogP contribution in [0.15, 0.2) is 36.7 Å². The molecule has 1 aliphatic heterocycles. The van der Waals surface area contributed by atoms with Gasteiger partial charge in [-0.1, -0.05) is 30.3 Å². The fourth-order valence-electron chi connectivity index (χ4n) is 2.47. The van der Waals surface area contributed by atoms with E-state index in [4.69, 9.17) is 0 Å². The summed E-state index contributed by atoms with van der Waals surface area (Å²) in [6, 6.07) is 9.14. The number of hydrogen-bond acceptors (Lipinski definition) is 3. The molecular formula is C13H13N3O2. The second-order valence-corrected chi connectivity index (χ2v) is 4.48. The number of carbonyl (C=O) groups excluding carboxylic acids is 1. The lowest BCUT2D eigenvalue weighted by molar-refractivity contribution is -0.717. The summed E-state index contributed by atoms with van der Waals surface area (Å²) in [5, 5.41) is 12.9. The Morgan fingerprint density at radius 1 is 1.39 bits per heavy atom. The molecule has 1 aromatic heterocycles. The molecule has 92 valence electrons. The molecule has 0 radical (unpaired) electrons. The molecule has 0 amide bonds. The molecule has 0 saturated heterocycles. The molecule has 0 bridgehead atoms. The second kappa shape index (κ2) is 4.27. The smallest absolute Gasteiger partial charge is 0.157 e. The number of imidazole rings is 1. The van der Waals surface area contributed by atoms with Crippen LogP contribution in [0.3, 0.4) is 0 Å². The van der Waals surface area contributed by atoms with Crippen molar-refractivity contribution in [2.24, 2.45) is 0 Å². The number of nitrogens with one attached hydrogen (secondary N) is 1. The van der Waals surface area contributed by atoms with Crippen molar-refractivity contribution in [3.63, 3.8) is 0 Å². The average Bonchev–Trinajstić information content (AvgIpc) is 2.86. The van der Waals surface area contributed by atoms with Gasteiger partial charge in [-0.2, -0.15) is 0 Å². The summed E-state index contributed by atoms with van der Waals surface area (Å²) < 4.78 is 0. The number of aromatic amines is 1. The van der Waals surface area contributed by atoms with Crippen LogP contribution in [0.5, 0.6) is 0 Å². The van der Waals surface area contributed by atoms with E-state index in [-0.39, 0.29) is 6.04 Å². The quantitative estimate of drug-likeness (QED) is 0.690. The summed E-state index contributed by atoms with van der Waals surface area (Å²) >= 11 is 0. The molecule has 5 heteroatoms. The Morgan fingerprint density at radius 3 is 2.89 bits per heavy atom. The lowest BCUT2D eigenvalue weighted by Crippen LogP contribution is -2.95. The van der Waals surface area contributed by atoms with Crippen LogP contribution in [0.25, 0.3) is 0 Å². The van der Waals surface area contributed by atoms with Crippen LogP contribution < -0.4 is 10.4 Å². The standard InChI is InChI=1S/C13H13N3O2/c17-13(18)10-6-9-12(15-7-14-9)11(16-10)8-4-2-1-3-5-8/h1-5,7,10-11,16H,6H2,(H,14,15)(H,17,18)/t10-,11-/m1/s1. The molecule has 18 heavy (non-hydrogen) atoms. The summed E-state index contributed by atoms with van der Waals surface area (Å²) in [6.07, 6.45) is 2.05. The minimum Gasteiger partial charge on any atom is -0.544 e. The Labute approximate surface area is 104 Å². The van der Waals surface area contributed by atoms with Crippen molar-refractivity contribution in [2.45, 2.75) is 18.5 Å². The van der Waals surface area contributed by atoms with E-state index in [1.807, 2.05) is 35.6 Å². The number of nitrogens with zero attached hydrogens (tertiary/aromatic N) is 1. The summed E-state index contributed by atoms with van der Waals surface area (Å²) in [7, 11) is 0. The van der Waals surface area contributed by atoms with Crippen LogP contribution in [-0.4, -0.2) is 22.0 Å². The number of rotatable bonds is 2. The predicted molar refractivity (Wildman–Crippen MR) is 61.3 cm³/mol. The largest absolute Gasteiger partial charge is 0.544 e. The molecule has 0 aliphatic carbocycles. The van der Waals surface area contributed by atoms with Gasteiger partial charge in [0.25, 0.3) is 0 Å². The Bertz CT molecular complexity index is 565. The molecule has 0 saturated carbocycles. The van der Waals surface area contributed by atoms with Gasteiger partial charge in [-0.15, -0.1) is 0 Å². The van der Waals surface area contributed by atoms with Gasteiger partial charge >= 0.3 is 0 Å². The van der Waals surface area contributed by atoms with Crippen molar-refractivity contribution in [1.82, 2.24) is 9.97 Å². The summed E-state index contributed by atoms with van der Waals surface area (Å²) in [4.78, 5) is 18.4. The molecule has 2 aromatic rings. The first-order valence-corrected chi connectivity index (χ1v) is 5.88. The Hall–Kier alpha value is -2.14. The molecule has 1 aliphatic rings. The van der Waals surface area contributed by atoms with Gasteiger partial charge in [-0.05, 0) is 0 Å². The fourth-order valence-corrected chi connectivity index (χ4v) is 2.47. The third kappa shape index (κ3) is 1.78. The van der Waals surface area contributed by atoms with Crippen LogP contribution >= 0.6 is 0 Å². The van der Waals surface area contributed by atoms with Crippen molar-refractivity contribution in [3.8, 4) is 0 Å². The number of carboxylic acid groups (broad SMARTS) is 1. The maximum absolute atomic E-state index is 11.1. The van der Waals surface area contributed by atoms with E-state index in [9.17, 15) is 9.90 Å². The second-order valence-electron chi connectivity index (χ2n) is 4.48. The lowest BCUT2D eigenvalue weighted by atomic mass is 9.94. The normalized spacial score (nSPS) is 22.4. The highest BCUT2D eigenvalue weighted by atomic mass is 16.4. The van der Waals surface area contributed by atoms with Gasteiger partial charge in [0, 0.05) is 12.0 Å². The number of nitrogens with two attached hydrogens (primary N) is 1. The number of hydrogen-bond donors (Lipinski definition) is 2. The Kier molecular flexibility index (Phi) is 2.60. The van der Waals surface area contributed by atoms with E-state index < -0.39 is 12.0 Å². The van der Waals surface area contributed by atoms with Crippen LogP contribution in [0.1, 0.15) is 23.0 Å². The number of quaternary nitrogens is 1. The van der Waals surface area contributed by atoms with Crippen LogP contribution in [0, 0.1) is 0 Å². The summed E-state index contributed by atoms with van der Waals surface area (Å²) in [6.45, 7) is 0. The molecule has 5 nitrogen and oxygen atoms in total. The van der Waals surface area contributed by atoms with Crippen molar-refractivity contribution in [2.75, 3.05) is 0 Å². The minimum atomic E-state index is -1.03. The van der Waals surface area contributed by atoms with Gasteiger partial charge < -0.3 is 20.2 Å². The van der Waals surface area contributed by atoms with Crippen LogP contribution in [0.4, 0.5) is 0 Å². The van der Waals surface area contributed by atoms with Gasteiger partial charge in [-0.25, -0.2) is 4.98 Å². The van der Waals surface area contributed by atoms with Crippen molar-refractivity contribution >= 4 is 5.97 Å². The molecule has 2 atom stereocenters. The van der Waals surface area contributed by atoms with E-state index in [2.05, 4.69) is 9.97 Å². The zero-order chi connectivity index (χ0) is 12.5. The molecule has 0 spiro atoms. The van der Waals surface area contributed by atoms with E-state index in [0.717, 1.165) is 17.0 Å². The number of fused-ring (bicyclic) bond motifs is 1. The molecular weight excluding hydrogens is 230 g/mol. The first-order valence-electron chi connectivity index (χ1n) is 5.88. The summed E-state index contributed by atoms with van der Waals surface area (Å²) in [5.74, 6) is -1.03. The van der Waals surface area contributed by atoms with Crippen LogP contribution in [-0.2, 0) is 11.2 Å². The van der Waals surface area contributed by atoms with Gasteiger partial charge in [0.2, 0.25) is 0 Å². The number of H-pyrrole nitrogens is 1. The van der Waals surface area contributed by atoms with E-state index >= 15 is 0 Å². The monoisotopic (exact) mass is 243 g/mol. The minimum absolute atomic E-state index is 0.0795. The number of aliphatic carboxylic acids is 1. The fraction of sp³-hybridized carbons (Fsp3) is 0.231. The molecule has 2 heterocycles. The first-order chi connectivity index (χ1) is 8.75. The third-order valence-electron chi connectivity index (χ3n) is 3.36. The zero-order valence-corrected chi connectivity index (χ0v) is 9.67. The zero-order valence-electron chi connectivity index (χ0n) is 9.67. The number of carbonyl (C=O) groups is 1. The highest BCUT2D eigenvalue weighted by molar-refractivity contribution is 5.70. The molecule has 0 fully saturated rings. The van der Waals surface area contributed by atoms with Gasteiger partial charge in [0.15, 0.2) is 6.04 Å². The highest BCUT2D eigenvalue weighted by Gasteiger charge is 2.33. The Morgan fingerprint density at radius 2 is 2.17 bits per heavy atom. The van der Waals surface area contributed by atoms with Gasteiger partial charge in [-0.3, -0.25) is 0 Å². The van der Waals surface area contributed by atoms with E-state index in [1.54, 1.807) is 6.33 Å². The molecule has 3 N–H and O–H groups in total. The molecule has 0 unspecified atom stereocenters. The highest BCUT2D eigenvalue weighted by Crippen LogP contribution is 2.22. The van der Waals surface area contributed by atoms with E-state index in [1.165, 1.54) is 0 Å². The summed E-state index contributed by atoms with van der Waals surface area (Å²) in [5.41, 5.74) is 2.86. The van der Waals surface area contributed by atoms with Crippen molar-refractivity contribution in [3.05, 3.63) is 53.6 Å². The average molecular weight is 243 g/mol. The maximum atomic E-state index is 11.1. The SMILES string of the molecule is O=C([O-])[C@H]1Cc2[nH]cnc2[C@@H](c2ccccc2)[NH2+]1. The van der Waals surface area contributed by atoms with Gasteiger partial charge in [0.05, 0.1) is 18.0 Å². The predicted octanol–water partition coefficient (Wildman–Crippen LogP) is -1.26. The first kappa shape index (κ1) is 11.0. The van der Waals surface area contributed by atoms with Gasteiger partial charge in [0.1, 0.15) is 11.7 Å². The molecule has 1 aromatic carbocycles. The number of carboxylic acids is 1. The number of benzene rings is 1. The number of aromatic nitrogens is 2. The third-order valence-corrected chi connectivity index (χ3v) is 3.36.